The zero-order valence-electron chi connectivity index (χ0n) is 19.9. The van der Waals surface area contributed by atoms with E-state index in [0.29, 0.717) is 35.7 Å². The summed E-state index contributed by atoms with van der Waals surface area (Å²) in [5, 5.41) is 10.8. The van der Waals surface area contributed by atoms with Crippen molar-refractivity contribution in [1.82, 2.24) is 20.0 Å². The number of hydrogen-bond acceptors (Lipinski definition) is 5. The minimum atomic E-state index is -0.322. The van der Waals surface area contributed by atoms with E-state index in [0.717, 1.165) is 25.1 Å². The molecule has 0 saturated carbocycles. The Morgan fingerprint density at radius 3 is 2.69 bits per heavy atom. The van der Waals surface area contributed by atoms with Crippen LogP contribution in [0.1, 0.15) is 29.6 Å². The number of ether oxygens (including phenoxy) is 2. The maximum atomic E-state index is 13.5. The first-order valence-corrected chi connectivity index (χ1v) is 12.4. The number of carbonyl (C=O) groups excluding carboxylic acids is 1. The van der Waals surface area contributed by atoms with Crippen LogP contribution < -0.4 is 10.6 Å². The molecule has 1 fully saturated rings. The summed E-state index contributed by atoms with van der Waals surface area (Å²) in [7, 11) is 3.28. The number of anilines is 1. The third-order valence-corrected chi connectivity index (χ3v) is 7.16. The molecule has 1 aliphatic carbocycles. The van der Waals surface area contributed by atoms with Gasteiger partial charge in [0.15, 0.2) is 0 Å². The molecule has 4 rings (SSSR count). The average Bonchev–Trinajstić information content (AvgIpc) is 3.40. The molecule has 1 saturated heterocycles. The summed E-state index contributed by atoms with van der Waals surface area (Å²) < 4.78 is 26.5. The number of likely N-dealkylation sites (tertiary alicyclic amines) is 1. The molecule has 1 aliphatic heterocycles. The zero-order valence-corrected chi connectivity index (χ0v) is 21.5. The van der Waals surface area contributed by atoms with Crippen molar-refractivity contribution in [2.75, 3.05) is 45.8 Å². The van der Waals surface area contributed by atoms with Crippen LogP contribution in [-0.2, 0) is 16.1 Å². The number of amides is 2. The number of hydrogen-bond donors (Lipinski definition) is 2. The number of urea groups is 1. The van der Waals surface area contributed by atoms with Gasteiger partial charge in [-0.3, -0.25) is 10.2 Å². The summed E-state index contributed by atoms with van der Waals surface area (Å²) in [5.74, 6) is 0.330. The van der Waals surface area contributed by atoms with Gasteiger partial charge in [0.2, 0.25) is 0 Å². The number of allylic oxidation sites excluding steroid dienone is 4. The van der Waals surface area contributed by atoms with Crippen LogP contribution >= 0.6 is 15.9 Å². The normalized spacial score (nSPS) is 22.0. The molecule has 0 radical (unpaired) electrons. The van der Waals surface area contributed by atoms with Gasteiger partial charge in [-0.15, -0.1) is 0 Å². The molecule has 2 aliphatic rings. The standard InChI is InChI=1S/C25H31BrFN5O3/c1-34-13-12-31-14-20(17-8-10-18(27)11-9-17)21(15-31)28-25(33)29-24-23(26)22(16-35-2)30-32(24)19-6-4-3-5-7-19/h3-6,8-11,19-21H,7,12-16H2,1-2H3,(H2,28,29,33)/t19?,20-,21+/m0/s1. The van der Waals surface area contributed by atoms with E-state index < -0.39 is 0 Å². The minimum absolute atomic E-state index is 0.0137. The number of halogens is 2. The lowest BCUT2D eigenvalue weighted by molar-refractivity contribution is 0.159. The first kappa shape index (κ1) is 25.6. The summed E-state index contributed by atoms with van der Waals surface area (Å²) in [5.41, 5.74) is 1.70. The monoisotopic (exact) mass is 547 g/mol. The summed E-state index contributed by atoms with van der Waals surface area (Å²) in [6.07, 6.45) is 8.87. The number of nitrogens with zero attached hydrogens (tertiary/aromatic N) is 3. The lowest BCUT2D eigenvalue weighted by Crippen LogP contribution is -2.42. The van der Waals surface area contributed by atoms with Crippen LogP contribution in [0, 0.1) is 5.82 Å². The number of aromatic nitrogens is 2. The van der Waals surface area contributed by atoms with Crippen molar-refractivity contribution in [2.24, 2.45) is 0 Å². The first-order chi connectivity index (χ1) is 17.0. The van der Waals surface area contributed by atoms with Gasteiger partial charge >= 0.3 is 6.03 Å². The molecule has 0 spiro atoms. The Hall–Kier alpha value is -2.53. The molecule has 1 aromatic heterocycles. The highest BCUT2D eigenvalue weighted by molar-refractivity contribution is 9.10. The molecule has 10 heteroatoms. The molecule has 2 N–H and O–H groups in total. The van der Waals surface area contributed by atoms with Crippen molar-refractivity contribution in [3.05, 3.63) is 70.1 Å². The molecule has 188 valence electrons. The highest BCUT2D eigenvalue weighted by atomic mass is 79.9. The fraction of sp³-hybridized carbons (Fsp3) is 0.440. The smallest absolute Gasteiger partial charge is 0.320 e. The summed E-state index contributed by atoms with van der Waals surface area (Å²) in [4.78, 5) is 15.5. The number of carbonyl (C=O) groups is 1. The van der Waals surface area contributed by atoms with Gasteiger partial charge in [-0.05, 0) is 40.0 Å². The van der Waals surface area contributed by atoms with E-state index in [2.05, 4.69) is 42.6 Å². The zero-order chi connectivity index (χ0) is 24.8. The third kappa shape index (κ3) is 6.19. The number of methoxy groups -OCH3 is 2. The predicted molar refractivity (Wildman–Crippen MR) is 136 cm³/mol. The Bertz CT molecular complexity index is 1070. The second-order valence-corrected chi connectivity index (χ2v) is 9.51. The van der Waals surface area contributed by atoms with E-state index in [4.69, 9.17) is 9.47 Å². The van der Waals surface area contributed by atoms with Crippen molar-refractivity contribution >= 4 is 27.8 Å². The van der Waals surface area contributed by atoms with E-state index >= 15 is 0 Å². The lowest BCUT2D eigenvalue weighted by atomic mass is 9.94. The van der Waals surface area contributed by atoms with Crippen LogP contribution in [0.15, 0.2) is 53.0 Å². The van der Waals surface area contributed by atoms with E-state index in [9.17, 15) is 9.18 Å². The second-order valence-electron chi connectivity index (χ2n) is 8.72. The van der Waals surface area contributed by atoms with Crippen LogP contribution in [0.5, 0.6) is 0 Å². The molecule has 2 aromatic rings. The van der Waals surface area contributed by atoms with Crippen LogP contribution in [0.3, 0.4) is 0 Å². The molecular weight excluding hydrogens is 517 g/mol. The quantitative estimate of drug-likeness (QED) is 0.491. The summed E-state index contributed by atoms with van der Waals surface area (Å²) >= 11 is 3.60. The average molecular weight is 548 g/mol. The van der Waals surface area contributed by atoms with Crippen LogP contribution in [0.2, 0.25) is 0 Å². The summed E-state index contributed by atoms with van der Waals surface area (Å²) in [6.45, 7) is 3.10. The molecule has 35 heavy (non-hydrogen) atoms. The van der Waals surface area contributed by atoms with Gasteiger partial charge in [0, 0.05) is 39.8 Å². The molecule has 8 nitrogen and oxygen atoms in total. The topological polar surface area (TPSA) is 80.7 Å². The molecule has 1 unspecified atom stereocenters. The van der Waals surface area contributed by atoms with Gasteiger partial charge < -0.3 is 14.8 Å². The van der Waals surface area contributed by atoms with Gasteiger partial charge in [0.05, 0.1) is 29.8 Å². The third-order valence-electron chi connectivity index (χ3n) is 6.33. The number of rotatable bonds is 9. The van der Waals surface area contributed by atoms with Gasteiger partial charge in [0.1, 0.15) is 17.3 Å². The Balaban J connectivity index is 1.52. The van der Waals surface area contributed by atoms with Gasteiger partial charge in [-0.2, -0.15) is 5.10 Å². The van der Waals surface area contributed by atoms with Crippen molar-refractivity contribution < 1.29 is 18.7 Å². The van der Waals surface area contributed by atoms with Crippen molar-refractivity contribution in [3.63, 3.8) is 0 Å². The Morgan fingerprint density at radius 1 is 1.20 bits per heavy atom. The fourth-order valence-electron chi connectivity index (χ4n) is 4.59. The van der Waals surface area contributed by atoms with Gasteiger partial charge in [0.25, 0.3) is 0 Å². The molecule has 2 amide bonds. The van der Waals surface area contributed by atoms with E-state index in [1.165, 1.54) is 12.1 Å². The van der Waals surface area contributed by atoms with E-state index in [1.807, 2.05) is 22.9 Å². The number of nitrogens with one attached hydrogen (secondary N) is 2. The van der Waals surface area contributed by atoms with E-state index in [-0.39, 0.29) is 29.8 Å². The number of benzene rings is 1. The Morgan fingerprint density at radius 2 is 2.00 bits per heavy atom. The molecule has 3 atom stereocenters. The van der Waals surface area contributed by atoms with Gasteiger partial charge in [-0.1, -0.05) is 36.4 Å². The predicted octanol–water partition coefficient (Wildman–Crippen LogP) is 4.22. The lowest BCUT2D eigenvalue weighted by Gasteiger charge is -2.22. The Labute approximate surface area is 213 Å². The Kier molecular flexibility index (Phi) is 8.72. The van der Waals surface area contributed by atoms with Gasteiger partial charge in [-0.25, -0.2) is 13.9 Å². The molecule has 1 aromatic carbocycles. The molecule has 0 bridgehead atoms. The fourth-order valence-corrected chi connectivity index (χ4v) is 5.06. The SMILES string of the molecule is COCCN1C[C@@H](NC(=O)Nc2c(Br)c(COC)nn2C2C=CC=CC2)[C@H](c2ccc(F)cc2)C1. The van der Waals surface area contributed by atoms with Crippen LogP contribution in [-0.4, -0.2) is 67.2 Å². The summed E-state index contributed by atoms with van der Waals surface area (Å²) in [6, 6.07) is 6.02. The van der Waals surface area contributed by atoms with Crippen molar-refractivity contribution in [3.8, 4) is 0 Å². The second kappa shape index (κ2) is 11.9. The maximum Gasteiger partial charge on any atom is 0.320 e. The van der Waals surface area contributed by atoms with E-state index in [1.54, 1.807) is 26.4 Å². The van der Waals surface area contributed by atoms with Crippen LogP contribution in [0.25, 0.3) is 0 Å². The molecular formula is C25H31BrFN5O3. The van der Waals surface area contributed by atoms with Crippen molar-refractivity contribution in [2.45, 2.75) is 31.0 Å². The highest BCUT2D eigenvalue weighted by Crippen LogP contribution is 2.33. The molecule has 2 heterocycles. The minimum Gasteiger partial charge on any atom is -0.383 e. The van der Waals surface area contributed by atoms with Crippen LogP contribution in [0.4, 0.5) is 15.0 Å². The maximum absolute atomic E-state index is 13.5. The highest BCUT2D eigenvalue weighted by Gasteiger charge is 2.35. The van der Waals surface area contributed by atoms with Crippen molar-refractivity contribution in [1.29, 1.82) is 0 Å². The largest absolute Gasteiger partial charge is 0.383 e. The first-order valence-electron chi connectivity index (χ1n) is 11.6.